The fraction of sp³-hybridized carbons (Fsp3) is 0.818. The number of nitrogens with one attached hydrogen (secondary N) is 2. The van der Waals surface area contributed by atoms with Gasteiger partial charge in [0.05, 0.1) is 25.7 Å². The number of esters is 1. The van der Waals surface area contributed by atoms with E-state index in [9.17, 15) is 39.6 Å². The summed E-state index contributed by atoms with van der Waals surface area (Å²) in [7, 11) is 1.17. The van der Waals surface area contributed by atoms with Crippen molar-refractivity contribution in [3.8, 4) is 0 Å². The Morgan fingerprint density at radius 2 is 1.67 bits per heavy atom. The van der Waals surface area contributed by atoms with Crippen molar-refractivity contribution in [1.82, 2.24) is 10.6 Å². The van der Waals surface area contributed by atoms with Gasteiger partial charge in [-0.05, 0) is 24.2 Å². The number of hydrogen-bond donors (Lipinski definition) is 6. The predicted molar refractivity (Wildman–Crippen MR) is 115 cm³/mol. The van der Waals surface area contributed by atoms with E-state index in [2.05, 4.69) is 15.4 Å². The van der Waals surface area contributed by atoms with Crippen LogP contribution in [0.15, 0.2) is 0 Å². The van der Waals surface area contributed by atoms with Crippen LogP contribution in [0.25, 0.3) is 0 Å². The number of carbonyl (C=O) groups excluding carboxylic acids is 3. The van der Waals surface area contributed by atoms with Gasteiger partial charge in [-0.2, -0.15) is 0 Å². The van der Waals surface area contributed by atoms with E-state index in [1.165, 1.54) is 7.11 Å². The fourth-order valence-corrected chi connectivity index (χ4v) is 4.99. The number of carboxylic acids is 1. The van der Waals surface area contributed by atoms with E-state index in [0.29, 0.717) is 12.8 Å². The molecule has 0 spiro atoms. The third-order valence-corrected chi connectivity index (χ3v) is 6.81. The lowest BCUT2D eigenvalue weighted by molar-refractivity contribution is -0.163. The van der Waals surface area contributed by atoms with Crippen molar-refractivity contribution in [1.29, 1.82) is 0 Å². The Bertz CT molecular complexity index is 750. The van der Waals surface area contributed by atoms with Crippen molar-refractivity contribution < 1.29 is 44.3 Å². The Balaban J connectivity index is 2.11. The molecule has 0 heterocycles. The van der Waals surface area contributed by atoms with Crippen LogP contribution in [0.3, 0.4) is 0 Å². The summed E-state index contributed by atoms with van der Waals surface area (Å²) in [6.07, 6.45) is -1.18. The van der Waals surface area contributed by atoms with Crippen molar-refractivity contribution in [2.75, 3.05) is 7.11 Å². The summed E-state index contributed by atoms with van der Waals surface area (Å²) in [6.45, 7) is 3.37. The van der Waals surface area contributed by atoms with Crippen molar-refractivity contribution in [3.63, 3.8) is 0 Å². The number of ether oxygens (including phenoxy) is 1. The lowest BCUT2D eigenvalue weighted by Gasteiger charge is -2.42. The molecule has 33 heavy (non-hydrogen) atoms. The lowest BCUT2D eigenvalue weighted by Crippen LogP contribution is -2.64. The summed E-state index contributed by atoms with van der Waals surface area (Å²) < 4.78 is 4.68. The van der Waals surface area contributed by atoms with Gasteiger partial charge in [-0.1, -0.05) is 26.7 Å². The number of carboxylic acid groups (broad SMARTS) is 1. The fourth-order valence-electron chi connectivity index (χ4n) is 4.99. The number of hydrogen-bond acceptors (Lipinski definition) is 8. The van der Waals surface area contributed by atoms with Crippen molar-refractivity contribution >= 4 is 23.8 Å². The maximum absolute atomic E-state index is 12.9. The number of carbonyl (C=O) groups is 4. The number of aliphatic hydroxyl groups excluding tert-OH is 2. The minimum absolute atomic E-state index is 0.0684. The molecule has 2 aliphatic carbocycles. The predicted octanol–water partition coefficient (Wildman–Crippen LogP) is -0.543. The number of methoxy groups -OCH3 is 1. The van der Waals surface area contributed by atoms with Gasteiger partial charge in [0, 0.05) is 19.3 Å². The average Bonchev–Trinajstić information content (AvgIpc) is 3.15. The molecule has 0 saturated heterocycles. The van der Waals surface area contributed by atoms with Crippen molar-refractivity contribution in [2.45, 2.75) is 95.1 Å². The zero-order valence-electron chi connectivity index (χ0n) is 19.4. The van der Waals surface area contributed by atoms with Crippen LogP contribution in [0.2, 0.25) is 0 Å². The molecular formula is C22H36N2O9. The van der Waals surface area contributed by atoms with Crippen molar-refractivity contribution in [3.05, 3.63) is 0 Å². The van der Waals surface area contributed by atoms with E-state index in [-0.39, 0.29) is 25.2 Å². The Morgan fingerprint density at radius 1 is 1.06 bits per heavy atom. The van der Waals surface area contributed by atoms with E-state index in [1.54, 1.807) is 13.8 Å². The summed E-state index contributed by atoms with van der Waals surface area (Å²) in [5.41, 5.74) is -2.82. The molecule has 2 fully saturated rings. The van der Waals surface area contributed by atoms with Crippen LogP contribution in [0, 0.1) is 11.3 Å². The maximum atomic E-state index is 12.9. The highest BCUT2D eigenvalue weighted by Gasteiger charge is 2.50. The molecule has 188 valence electrons. The molecule has 0 aliphatic heterocycles. The third kappa shape index (κ3) is 6.64. The number of aliphatic carboxylic acids is 1. The number of amides is 2. The Kier molecular flexibility index (Phi) is 8.83. The van der Waals surface area contributed by atoms with Gasteiger partial charge in [0.25, 0.3) is 5.91 Å². The van der Waals surface area contributed by atoms with Gasteiger partial charge in [0.2, 0.25) is 5.91 Å². The molecule has 11 nitrogen and oxygen atoms in total. The smallest absolute Gasteiger partial charge is 0.328 e. The van der Waals surface area contributed by atoms with Crippen LogP contribution in [0.1, 0.15) is 65.2 Å². The molecule has 2 aliphatic rings. The van der Waals surface area contributed by atoms with Crippen LogP contribution in [-0.4, -0.2) is 81.2 Å². The monoisotopic (exact) mass is 472 g/mol. The van der Waals surface area contributed by atoms with Gasteiger partial charge in [-0.25, -0.2) is 4.79 Å². The highest BCUT2D eigenvalue weighted by molar-refractivity contribution is 5.90. The molecule has 0 aromatic carbocycles. The molecule has 0 bridgehead atoms. The summed E-state index contributed by atoms with van der Waals surface area (Å²) >= 11 is 0. The zero-order valence-corrected chi connectivity index (χ0v) is 19.4. The molecule has 2 amide bonds. The third-order valence-electron chi connectivity index (χ3n) is 6.81. The highest BCUT2D eigenvalue weighted by atomic mass is 16.5. The van der Waals surface area contributed by atoms with Gasteiger partial charge in [0.15, 0.2) is 0 Å². The average molecular weight is 473 g/mol. The Morgan fingerprint density at radius 3 is 2.18 bits per heavy atom. The zero-order chi connectivity index (χ0) is 25.0. The second kappa shape index (κ2) is 10.8. The summed E-state index contributed by atoms with van der Waals surface area (Å²) in [5.74, 6) is -3.46. The van der Waals surface area contributed by atoms with Gasteiger partial charge in [-0.15, -0.1) is 0 Å². The van der Waals surface area contributed by atoms with E-state index < -0.39 is 65.5 Å². The van der Waals surface area contributed by atoms with E-state index in [4.69, 9.17) is 0 Å². The molecule has 0 radical (unpaired) electrons. The molecular weight excluding hydrogens is 436 g/mol. The summed E-state index contributed by atoms with van der Waals surface area (Å²) in [6, 6.07) is -2.17. The number of aliphatic hydroxyl groups is 3. The second-order valence-electron chi connectivity index (χ2n) is 9.84. The van der Waals surface area contributed by atoms with Crippen LogP contribution in [-0.2, 0) is 23.9 Å². The Labute approximate surface area is 192 Å². The first kappa shape index (κ1) is 27.0. The van der Waals surface area contributed by atoms with Gasteiger partial charge < -0.3 is 35.8 Å². The van der Waals surface area contributed by atoms with Gasteiger partial charge in [-0.3, -0.25) is 14.4 Å². The minimum atomic E-state index is -2.15. The SMILES string of the molecule is COC(=O)C(NC(=O)C1(O)CC(O)C(O)C(NC(=O)CC2(CC(=O)O)CCCC2)C1)C(C)C. The first-order valence-electron chi connectivity index (χ1n) is 11.3. The standard InChI is InChI=1S/C22H36N2O9/c1-12(2)17(19(30)33-3)24-20(31)22(32)8-13(18(29)14(25)9-22)23-15(26)10-21(11-16(27)28)6-4-5-7-21/h12-14,17-18,25,29,32H,4-11H2,1-3H3,(H,23,26)(H,24,31)(H,27,28). The molecule has 2 saturated carbocycles. The highest BCUT2D eigenvalue weighted by Crippen LogP contribution is 2.44. The molecule has 0 aromatic rings. The molecule has 2 rings (SSSR count). The topological polar surface area (TPSA) is 182 Å². The first-order chi connectivity index (χ1) is 15.3. The van der Waals surface area contributed by atoms with Gasteiger partial charge >= 0.3 is 11.9 Å². The molecule has 0 aromatic heterocycles. The molecule has 5 unspecified atom stereocenters. The largest absolute Gasteiger partial charge is 0.481 e. The molecule has 5 atom stereocenters. The minimum Gasteiger partial charge on any atom is -0.481 e. The second-order valence-corrected chi connectivity index (χ2v) is 9.84. The van der Waals surface area contributed by atoms with E-state index in [0.717, 1.165) is 12.8 Å². The van der Waals surface area contributed by atoms with Crippen LogP contribution >= 0.6 is 0 Å². The molecule has 6 N–H and O–H groups in total. The maximum Gasteiger partial charge on any atom is 0.328 e. The van der Waals surface area contributed by atoms with Gasteiger partial charge in [0.1, 0.15) is 17.7 Å². The van der Waals surface area contributed by atoms with Crippen LogP contribution in [0.4, 0.5) is 0 Å². The quantitative estimate of drug-likeness (QED) is 0.240. The Hall–Kier alpha value is -2.24. The van der Waals surface area contributed by atoms with Crippen molar-refractivity contribution in [2.24, 2.45) is 11.3 Å². The number of rotatable bonds is 9. The van der Waals surface area contributed by atoms with Crippen LogP contribution < -0.4 is 10.6 Å². The lowest BCUT2D eigenvalue weighted by atomic mass is 9.76. The summed E-state index contributed by atoms with van der Waals surface area (Å²) in [4.78, 5) is 48.8. The normalized spacial score (nSPS) is 29.8. The molecule has 11 heteroatoms. The van der Waals surface area contributed by atoms with E-state index >= 15 is 0 Å². The van der Waals surface area contributed by atoms with E-state index in [1.807, 2.05) is 0 Å². The first-order valence-corrected chi connectivity index (χ1v) is 11.3. The van der Waals surface area contributed by atoms with Crippen LogP contribution in [0.5, 0.6) is 0 Å². The summed E-state index contributed by atoms with van der Waals surface area (Å²) in [5, 5.41) is 45.9.